The van der Waals surface area contributed by atoms with Crippen LogP contribution in [0.25, 0.3) is 6.08 Å². The van der Waals surface area contributed by atoms with E-state index in [-0.39, 0.29) is 17.9 Å². The Bertz CT molecular complexity index is 716. The molecular weight excluding hydrogens is 383 g/mol. The zero-order valence-corrected chi connectivity index (χ0v) is 17.8. The van der Waals surface area contributed by atoms with Crippen LogP contribution >= 0.6 is 23.2 Å². The zero-order chi connectivity index (χ0) is 20.1. The number of nitrogens with one attached hydrogen (secondary N) is 1. The number of piperazine rings is 1. The van der Waals surface area contributed by atoms with Gasteiger partial charge in [0.25, 0.3) is 0 Å². The van der Waals surface area contributed by atoms with Gasteiger partial charge in [-0.3, -0.25) is 9.59 Å². The van der Waals surface area contributed by atoms with E-state index in [9.17, 15) is 9.59 Å². The van der Waals surface area contributed by atoms with Gasteiger partial charge in [0, 0.05) is 28.7 Å². The van der Waals surface area contributed by atoms with Crippen LogP contribution in [0.3, 0.4) is 0 Å². The molecule has 2 atom stereocenters. The molecule has 0 saturated carbocycles. The van der Waals surface area contributed by atoms with E-state index in [2.05, 4.69) is 33.0 Å². The predicted octanol–water partition coefficient (Wildman–Crippen LogP) is 4.79. The van der Waals surface area contributed by atoms with Crippen LogP contribution in [-0.4, -0.2) is 35.3 Å². The van der Waals surface area contributed by atoms with E-state index in [1.54, 1.807) is 29.2 Å². The summed E-state index contributed by atoms with van der Waals surface area (Å²) in [6, 6.07) is 4.68. The van der Waals surface area contributed by atoms with Gasteiger partial charge in [0.2, 0.25) is 11.8 Å². The Balaban J connectivity index is 2.20. The normalized spacial score (nSPS) is 20.6. The van der Waals surface area contributed by atoms with E-state index in [1.807, 2.05) is 0 Å². The smallest absolute Gasteiger partial charge is 0.247 e. The molecule has 2 rings (SSSR count). The van der Waals surface area contributed by atoms with E-state index in [0.717, 1.165) is 12.0 Å². The van der Waals surface area contributed by atoms with Gasteiger partial charge in [0.1, 0.15) is 6.04 Å². The molecule has 1 saturated heterocycles. The lowest BCUT2D eigenvalue weighted by molar-refractivity contribution is -0.142. The molecule has 0 aliphatic carbocycles. The second-order valence-electron chi connectivity index (χ2n) is 7.97. The number of carbonyl (C=O) groups is 2. The Morgan fingerprint density at radius 1 is 1.22 bits per heavy atom. The van der Waals surface area contributed by atoms with E-state index >= 15 is 0 Å². The lowest BCUT2D eigenvalue weighted by Crippen LogP contribution is -2.61. The molecule has 1 N–H and O–H groups in total. The number of hydrogen-bond donors (Lipinski definition) is 1. The summed E-state index contributed by atoms with van der Waals surface area (Å²) in [6.07, 6.45) is 4.66. The molecule has 6 heteroatoms. The fourth-order valence-corrected chi connectivity index (χ4v) is 3.84. The van der Waals surface area contributed by atoms with Crippen LogP contribution < -0.4 is 5.32 Å². The van der Waals surface area contributed by atoms with E-state index < -0.39 is 6.04 Å². The van der Waals surface area contributed by atoms with Crippen molar-refractivity contribution in [1.82, 2.24) is 10.2 Å². The standard InChI is InChI=1S/C21H28Cl2N2O2/c1-13(2)9-17-12-25(19(10-14(3)4)21(27)24-17)20(26)8-6-15-5-7-16(22)11-18(15)23/h5-8,11,13-14,17,19H,9-10,12H2,1-4H3,(H,24,27)/b8-6+/t17-,19-/m0/s1. The number of benzene rings is 1. The van der Waals surface area contributed by atoms with Crippen LogP contribution in [0.5, 0.6) is 0 Å². The predicted molar refractivity (Wildman–Crippen MR) is 112 cm³/mol. The number of carbonyl (C=O) groups excluding carboxylic acids is 2. The molecule has 1 aromatic rings. The van der Waals surface area contributed by atoms with Crippen molar-refractivity contribution in [2.75, 3.05) is 6.54 Å². The van der Waals surface area contributed by atoms with Gasteiger partial charge in [0.15, 0.2) is 0 Å². The Labute approximate surface area is 171 Å². The molecule has 1 heterocycles. The quantitative estimate of drug-likeness (QED) is 0.684. The highest BCUT2D eigenvalue weighted by molar-refractivity contribution is 6.35. The molecule has 0 radical (unpaired) electrons. The van der Waals surface area contributed by atoms with Gasteiger partial charge in [-0.15, -0.1) is 0 Å². The van der Waals surface area contributed by atoms with Gasteiger partial charge >= 0.3 is 0 Å². The maximum atomic E-state index is 12.9. The Morgan fingerprint density at radius 2 is 1.89 bits per heavy atom. The summed E-state index contributed by atoms with van der Waals surface area (Å²) >= 11 is 12.1. The monoisotopic (exact) mass is 410 g/mol. The minimum atomic E-state index is -0.439. The third-order valence-electron chi connectivity index (χ3n) is 4.54. The van der Waals surface area contributed by atoms with Crippen molar-refractivity contribution < 1.29 is 9.59 Å². The molecule has 27 heavy (non-hydrogen) atoms. The largest absolute Gasteiger partial charge is 0.350 e. The minimum Gasteiger partial charge on any atom is -0.350 e. The molecule has 1 aromatic carbocycles. The first-order valence-corrected chi connectivity index (χ1v) is 10.2. The Morgan fingerprint density at radius 3 is 2.48 bits per heavy atom. The van der Waals surface area contributed by atoms with Crippen LogP contribution in [0.15, 0.2) is 24.3 Å². The van der Waals surface area contributed by atoms with Gasteiger partial charge in [-0.1, -0.05) is 57.0 Å². The summed E-state index contributed by atoms with van der Waals surface area (Å²) in [5.74, 6) is 0.520. The lowest BCUT2D eigenvalue weighted by atomic mass is 9.95. The molecule has 0 unspecified atom stereocenters. The zero-order valence-electron chi connectivity index (χ0n) is 16.3. The van der Waals surface area contributed by atoms with Crippen LogP contribution in [0.4, 0.5) is 0 Å². The summed E-state index contributed by atoms with van der Waals surface area (Å²) in [5, 5.41) is 4.12. The average Bonchev–Trinajstić information content (AvgIpc) is 2.55. The number of halogens is 2. The van der Waals surface area contributed by atoms with Gasteiger partial charge in [-0.2, -0.15) is 0 Å². The van der Waals surface area contributed by atoms with Crippen molar-refractivity contribution in [2.24, 2.45) is 11.8 Å². The molecule has 148 valence electrons. The average molecular weight is 411 g/mol. The number of nitrogens with zero attached hydrogens (tertiary/aromatic N) is 1. The highest BCUT2D eigenvalue weighted by atomic mass is 35.5. The Kier molecular flexibility index (Phi) is 7.75. The fourth-order valence-electron chi connectivity index (χ4n) is 3.37. The molecular formula is C21H28Cl2N2O2. The Hall–Kier alpha value is -1.52. The van der Waals surface area contributed by atoms with Crippen molar-refractivity contribution in [3.05, 3.63) is 39.9 Å². The number of amides is 2. The van der Waals surface area contributed by atoms with Crippen molar-refractivity contribution >= 4 is 41.1 Å². The van der Waals surface area contributed by atoms with Crippen molar-refractivity contribution in [3.63, 3.8) is 0 Å². The molecule has 1 fully saturated rings. The topological polar surface area (TPSA) is 49.4 Å². The second-order valence-corrected chi connectivity index (χ2v) is 8.81. The summed E-state index contributed by atoms with van der Waals surface area (Å²) in [7, 11) is 0. The third kappa shape index (κ3) is 6.25. The lowest BCUT2D eigenvalue weighted by Gasteiger charge is -2.40. The molecule has 0 spiro atoms. The van der Waals surface area contributed by atoms with Crippen LogP contribution in [0.1, 0.15) is 46.1 Å². The van der Waals surface area contributed by atoms with Crippen LogP contribution in [0, 0.1) is 11.8 Å². The second kappa shape index (κ2) is 9.61. The first kappa shape index (κ1) is 21.8. The van der Waals surface area contributed by atoms with Gasteiger partial charge < -0.3 is 10.2 Å². The van der Waals surface area contributed by atoms with Crippen molar-refractivity contribution in [3.8, 4) is 0 Å². The number of rotatable bonds is 6. The molecule has 1 aliphatic heterocycles. The van der Waals surface area contributed by atoms with E-state index in [1.165, 1.54) is 6.08 Å². The summed E-state index contributed by atoms with van der Waals surface area (Å²) in [4.78, 5) is 27.2. The van der Waals surface area contributed by atoms with Gasteiger partial charge in [-0.25, -0.2) is 0 Å². The van der Waals surface area contributed by atoms with Gasteiger partial charge in [-0.05, 0) is 48.4 Å². The highest BCUT2D eigenvalue weighted by Gasteiger charge is 2.36. The third-order valence-corrected chi connectivity index (χ3v) is 5.11. The maximum Gasteiger partial charge on any atom is 0.247 e. The molecule has 2 amide bonds. The highest BCUT2D eigenvalue weighted by Crippen LogP contribution is 2.23. The SMILES string of the molecule is CC(C)C[C@H]1CN(C(=O)/C=C/c2ccc(Cl)cc2Cl)[C@@H](CC(C)C)C(=O)N1. The molecule has 0 bridgehead atoms. The minimum absolute atomic E-state index is 0.0163. The first-order valence-electron chi connectivity index (χ1n) is 9.41. The first-order chi connectivity index (χ1) is 12.7. The van der Waals surface area contributed by atoms with Gasteiger partial charge in [0.05, 0.1) is 0 Å². The maximum absolute atomic E-state index is 12.9. The van der Waals surface area contributed by atoms with Crippen molar-refractivity contribution in [2.45, 2.75) is 52.6 Å². The molecule has 0 aromatic heterocycles. The van der Waals surface area contributed by atoms with E-state index in [4.69, 9.17) is 23.2 Å². The van der Waals surface area contributed by atoms with Crippen LogP contribution in [-0.2, 0) is 9.59 Å². The summed E-state index contributed by atoms with van der Waals surface area (Å²) in [6.45, 7) is 8.86. The molecule has 1 aliphatic rings. The molecule has 4 nitrogen and oxygen atoms in total. The number of hydrogen-bond acceptors (Lipinski definition) is 2. The summed E-state index contributed by atoms with van der Waals surface area (Å²) in [5.41, 5.74) is 0.718. The van der Waals surface area contributed by atoms with Crippen molar-refractivity contribution in [1.29, 1.82) is 0 Å². The summed E-state index contributed by atoms with van der Waals surface area (Å²) < 4.78 is 0. The van der Waals surface area contributed by atoms with E-state index in [0.29, 0.717) is 34.8 Å². The van der Waals surface area contributed by atoms with Crippen LogP contribution in [0.2, 0.25) is 10.0 Å². The fraction of sp³-hybridized carbons (Fsp3) is 0.524.